The summed E-state index contributed by atoms with van der Waals surface area (Å²) < 4.78 is 18.7. The van der Waals surface area contributed by atoms with Crippen LogP contribution in [0.3, 0.4) is 0 Å². The second-order valence-electron chi connectivity index (χ2n) is 2.67. The lowest BCUT2D eigenvalue weighted by molar-refractivity contribution is 0.525. The molecule has 0 bridgehead atoms. The highest BCUT2D eigenvalue weighted by Crippen LogP contribution is 2.44. The summed E-state index contributed by atoms with van der Waals surface area (Å²) in [4.78, 5) is 0. The fourth-order valence-corrected chi connectivity index (χ4v) is 1.78. The van der Waals surface area contributed by atoms with E-state index in [1.54, 1.807) is 0 Å². The molecule has 3 nitrogen and oxygen atoms in total. The van der Waals surface area contributed by atoms with Crippen LogP contribution in [-0.2, 0) is 11.1 Å². The summed E-state index contributed by atoms with van der Waals surface area (Å²) in [6.07, 6.45) is 2.05. The van der Waals surface area contributed by atoms with Gasteiger partial charge < -0.3 is 10.3 Å². The van der Waals surface area contributed by atoms with Gasteiger partial charge in [0.1, 0.15) is 0 Å². The minimum absolute atomic E-state index is 0.0413. The maximum atomic E-state index is 10.3. The molecule has 1 saturated carbocycles. The Morgan fingerprint density at radius 3 is 2.33 bits per heavy atom. The molecule has 0 spiro atoms. The van der Waals surface area contributed by atoms with Crippen LogP contribution in [0.25, 0.3) is 0 Å². The molecule has 1 aliphatic rings. The molecule has 54 valence electrons. The van der Waals surface area contributed by atoms with Crippen LogP contribution in [0.2, 0.25) is 0 Å². The molecule has 1 aliphatic carbocycles. The average Bonchev–Trinajstić information content (AvgIpc) is 2.48. The molecule has 0 saturated heterocycles. The van der Waals surface area contributed by atoms with E-state index in [0.29, 0.717) is 12.3 Å². The molecule has 0 amide bonds. The van der Waals surface area contributed by atoms with Crippen LogP contribution < -0.4 is 5.73 Å². The van der Waals surface area contributed by atoms with Crippen molar-refractivity contribution in [3.8, 4) is 0 Å². The van der Waals surface area contributed by atoms with Gasteiger partial charge in [0.15, 0.2) is 11.1 Å². The topological polar surface area (TPSA) is 63.3 Å². The molecule has 9 heavy (non-hydrogen) atoms. The summed E-state index contributed by atoms with van der Waals surface area (Å²) in [6, 6.07) is 0. The minimum atomic E-state index is -1.65. The molecule has 1 rings (SSSR count). The van der Waals surface area contributed by atoms with Crippen molar-refractivity contribution in [3.05, 3.63) is 0 Å². The zero-order chi connectivity index (χ0) is 6.91. The molecule has 1 unspecified atom stereocenters. The third-order valence-electron chi connectivity index (χ3n) is 1.82. The second-order valence-corrected chi connectivity index (χ2v) is 3.60. The maximum Gasteiger partial charge on any atom is 0.153 e. The summed E-state index contributed by atoms with van der Waals surface area (Å²) in [7, 11) is 0. The normalized spacial score (nSPS) is 25.6. The second kappa shape index (κ2) is 2.36. The lowest BCUT2D eigenvalue weighted by Gasteiger charge is -2.06. The van der Waals surface area contributed by atoms with Gasteiger partial charge in [-0.25, -0.2) is 4.21 Å². The zero-order valence-electron chi connectivity index (χ0n) is 5.17. The first kappa shape index (κ1) is 7.18. The predicted molar refractivity (Wildman–Crippen MR) is 36.4 cm³/mol. The van der Waals surface area contributed by atoms with E-state index in [-0.39, 0.29) is 5.41 Å². The molecular formula is C5H11NO2S. The molecule has 0 aromatic heterocycles. The predicted octanol–water partition coefficient (Wildman–Crippen LogP) is -0.0530. The van der Waals surface area contributed by atoms with Crippen molar-refractivity contribution in [1.82, 2.24) is 0 Å². The van der Waals surface area contributed by atoms with Gasteiger partial charge in [0.2, 0.25) is 0 Å². The molecular weight excluding hydrogens is 138 g/mol. The van der Waals surface area contributed by atoms with E-state index < -0.39 is 11.1 Å². The number of hydrogen-bond donors (Lipinski definition) is 2. The Labute approximate surface area is 56.9 Å². The largest absolute Gasteiger partial charge is 0.330 e. The van der Waals surface area contributed by atoms with Gasteiger partial charge in [0.25, 0.3) is 0 Å². The Bertz CT molecular complexity index is 133. The van der Waals surface area contributed by atoms with E-state index in [1.165, 1.54) is 0 Å². The molecule has 0 heterocycles. The van der Waals surface area contributed by atoms with E-state index in [0.717, 1.165) is 12.8 Å². The van der Waals surface area contributed by atoms with Crippen molar-refractivity contribution in [2.45, 2.75) is 12.8 Å². The fourth-order valence-electron chi connectivity index (χ4n) is 0.846. The van der Waals surface area contributed by atoms with Crippen molar-refractivity contribution >= 4 is 11.1 Å². The minimum Gasteiger partial charge on any atom is -0.330 e. The monoisotopic (exact) mass is 149 g/mol. The third-order valence-corrected chi connectivity index (χ3v) is 2.68. The molecule has 0 aromatic carbocycles. The van der Waals surface area contributed by atoms with Crippen LogP contribution in [0.4, 0.5) is 0 Å². The van der Waals surface area contributed by atoms with Gasteiger partial charge in [-0.05, 0) is 24.8 Å². The molecule has 0 radical (unpaired) electrons. The summed E-state index contributed by atoms with van der Waals surface area (Å²) in [5, 5.41) is 0. The fraction of sp³-hybridized carbons (Fsp3) is 1.00. The smallest absolute Gasteiger partial charge is 0.153 e. The van der Waals surface area contributed by atoms with E-state index in [4.69, 9.17) is 10.3 Å². The Hall–Kier alpha value is 0.0700. The van der Waals surface area contributed by atoms with Gasteiger partial charge >= 0.3 is 0 Å². The third kappa shape index (κ3) is 1.74. The van der Waals surface area contributed by atoms with Crippen molar-refractivity contribution < 1.29 is 8.76 Å². The van der Waals surface area contributed by atoms with Crippen LogP contribution >= 0.6 is 0 Å². The first-order valence-electron chi connectivity index (χ1n) is 2.96. The van der Waals surface area contributed by atoms with Gasteiger partial charge in [-0.15, -0.1) is 0 Å². The zero-order valence-corrected chi connectivity index (χ0v) is 5.99. The van der Waals surface area contributed by atoms with Crippen molar-refractivity contribution in [2.24, 2.45) is 11.1 Å². The van der Waals surface area contributed by atoms with Gasteiger partial charge in [0, 0.05) is 0 Å². The standard InChI is InChI=1S/C5H11NO2S/c6-3-5(1-2-5)4-9(7)8/h1-4,6H2,(H,7,8). The number of hydrogen-bond acceptors (Lipinski definition) is 2. The molecule has 3 N–H and O–H groups in total. The quantitative estimate of drug-likeness (QED) is 0.553. The summed E-state index contributed by atoms with van der Waals surface area (Å²) in [5.74, 6) is 0.365. The Morgan fingerprint density at radius 2 is 2.22 bits per heavy atom. The molecule has 0 aliphatic heterocycles. The SMILES string of the molecule is NCC1(CS(=O)O)CC1. The number of nitrogens with two attached hydrogens (primary N) is 1. The number of rotatable bonds is 3. The van der Waals surface area contributed by atoms with Crippen LogP contribution in [0.1, 0.15) is 12.8 Å². The van der Waals surface area contributed by atoms with Gasteiger partial charge in [-0.1, -0.05) is 0 Å². The van der Waals surface area contributed by atoms with Gasteiger partial charge in [-0.3, -0.25) is 0 Å². The molecule has 1 atom stereocenters. The average molecular weight is 149 g/mol. The van der Waals surface area contributed by atoms with E-state index in [9.17, 15) is 4.21 Å². The highest BCUT2D eigenvalue weighted by molar-refractivity contribution is 7.79. The van der Waals surface area contributed by atoms with Gasteiger partial charge in [0.05, 0.1) is 5.75 Å². The summed E-state index contributed by atoms with van der Waals surface area (Å²) in [5.41, 5.74) is 5.41. The summed E-state index contributed by atoms with van der Waals surface area (Å²) in [6.45, 7) is 0.555. The van der Waals surface area contributed by atoms with Gasteiger partial charge in [-0.2, -0.15) is 0 Å². The Morgan fingerprint density at radius 1 is 1.67 bits per heavy atom. The van der Waals surface area contributed by atoms with Crippen molar-refractivity contribution in [1.29, 1.82) is 0 Å². The van der Waals surface area contributed by atoms with Crippen LogP contribution in [0.15, 0.2) is 0 Å². The Kier molecular flexibility index (Phi) is 1.88. The molecule has 4 heteroatoms. The molecule has 1 fully saturated rings. The lowest BCUT2D eigenvalue weighted by atomic mass is 10.1. The Balaban J connectivity index is 2.33. The highest BCUT2D eigenvalue weighted by Gasteiger charge is 2.42. The van der Waals surface area contributed by atoms with E-state index in [2.05, 4.69) is 0 Å². The maximum absolute atomic E-state index is 10.3. The van der Waals surface area contributed by atoms with Crippen LogP contribution in [-0.4, -0.2) is 21.1 Å². The van der Waals surface area contributed by atoms with E-state index >= 15 is 0 Å². The van der Waals surface area contributed by atoms with Crippen LogP contribution in [0.5, 0.6) is 0 Å². The van der Waals surface area contributed by atoms with Crippen LogP contribution in [0, 0.1) is 5.41 Å². The highest BCUT2D eigenvalue weighted by atomic mass is 32.2. The van der Waals surface area contributed by atoms with E-state index in [1.807, 2.05) is 0 Å². The lowest BCUT2D eigenvalue weighted by Crippen LogP contribution is -2.21. The molecule has 0 aromatic rings. The summed E-state index contributed by atoms with van der Waals surface area (Å²) >= 11 is -1.65. The van der Waals surface area contributed by atoms with Crippen molar-refractivity contribution in [2.75, 3.05) is 12.3 Å². The first-order chi connectivity index (χ1) is 4.18. The van der Waals surface area contributed by atoms with Crippen molar-refractivity contribution in [3.63, 3.8) is 0 Å². The first-order valence-corrected chi connectivity index (χ1v) is 4.24.